The second-order valence-corrected chi connectivity index (χ2v) is 7.41. The summed E-state index contributed by atoms with van der Waals surface area (Å²) in [7, 11) is -0.721. The molecule has 0 aromatic heterocycles. The Morgan fingerprint density at radius 1 is 1.26 bits per heavy atom. The average Bonchev–Trinajstić information content (AvgIpc) is 2.54. The number of ether oxygens (including phenoxy) is 2. The highest BCUT2D eigenvalue weighted by Crippen LogP contribution is 2.34. The lowest BCUT2D eigenvalue weighted by atomic mass is 10.00. The summed E-state index contributed by atoms with van der Waals surface area (Å²) >= 11 is 0. The van der Waals surface area contributed by atoms with E-state index in [0.29, 0.717) is 18.0 Å². The maximum Gasteiger partial charge on any atom is 0.247 e. The zero-order chi connectivity index (χ0) is 16.3. The SMILES string of the molecule is COc1ccc(OC)c(S(=O)(=O)N2CCCCC2C(C)N)c1.Cl. The Hall–Kier alpha value is -1.02. The highest BCUT2D eigenvalue weighted by Gasteiger charge is 2.37. The number of sulfonamides is 1. The van der Waals surface area contributed by atoms with Crippen molar-refractivity contribution in [2.24, 2.45) is 5.73 Å². The summed E-state index contributed by atoms with van der Waals surface area (Å²) in [4.78, 5) is 0.127. The van der Waals surface area contributed by atoms with E-state index in [-0.39, 0.29) is 29.4 Å². The molecule has 0 saturated carbocycles. The van der Waals surface area contributed by atoms with E-state index in [4.69, 9.17) is 15.2 Å². The van der Waals surface area contributed by atoms with E-state index in [1.54, 1.807) is 12.1 Å². The number of benzene rings is 1. The van der Waals surface area contributed by atoms with Gasteiger partial charge in [0.15, 0.2) is 0 Å². The molecule has 1 saturated heterocycles. The van der Waals surface area contributed by atoms with Gasteiger partial charge in [0.2, 0.25) is 10.0 Å². The topological polar surface area (TPSA) is 81.9 Å². The highest BCUT2D eigenvalue weighted by atomic mass is 35.5. The first-order chi connectivity index (χ1) is 10.4. The Morgan fingerprint density at radius 3 is 2.52 bits per heavy atom. The monoisotopic (exact) mass is 364 g/mol. The van der Waals surface area contributed by atoms with Crippen molar-refractivity contribution in [2.75, 3.05) is 20.8 Å². The van der Waals surface area contributed by atoms with Gasteiger partial charge >= 0.3 is 0 Å². The fourth-order valence-electron chi connectivity index (χ4n) is 2.87. The molecule has 2 atom stereocenters. The van der Waals surface area contributed by atoms with Gasteiger partial charge in [0.1, 0.15) is 16.4 Å². The van der Waals surface area contributed by atoms with Crippen LogP contribution in [0.4, 0.5) is 0 Å². The summed E-state index contributed by atoms with van der Waals surface area (Å²) in [5.74, 6) is 0.795. The van der Waals surface area contributed by atoms with Crippen LogP contribution in [-0.2, 0) is 10.0 Å². The van der Waals surface area contributed by atoms with Crippen LogP contribution in [-0.4, -0.2) is 45.6 Å². The molecule has 2 unspecified atom stereocenters. The van der Waals surface area contributed by atoms with Crippen LogP contribution >= 0.6 is 12.4 Å². The van der Waals surface area contributed by atoms with Crippen molar-refractivity contribution in [1.82, 2.24) is 4.31 Å². The highest BCUT2D eigenvalue weighted by molar-refractivity contribution is 7.89. The minimum Gasteiger partial charge on any atom is -0.497 e. The predicted octanol–water partition coefficient (Wildman–Crippen LogP) is 2.02. The Labute approximate surface area is 144 Å². The van der Waals surface area contributed by atoms with Gasteiger partial charge in [-0.25, -0.2) is 8.42 Å². The van der Waals surface area contributed by atoms with Crippen LogP contribution in [0.3, 0.4) is 0 Å². The van der Waals surface area contributed by atoms with E-state index < -0.39 is 10.0 Å². The molecule has 0 radical (unpaired) electrons. The Morgan fingerprint density at radius 2 is 1.96 bits per heavy atom. The molecule has 1 aliphatic rings. The van der Waals surface area contributed by atoms with Crippen LogP contribution < -0.4 is 15.2 Å². The first-order valence-corrected chi connectivity index (χ1v) is 8.85. The fourth-order valence-corrected chi connectivity index (χ4v) is 4.81. The minimum absolute atomic E-state index is 0. The summed E-state index contributed by atoms with van der Waals surface area (Å²) in [6.07, 6.45) is 2.62. The van der Waals surface area contributed by atoms with Crippen molar-refractivity contribution in [1.29, 1.82) is 0 Å². The van der Waals surface area contributed by atoms with Crippen LogP contribution in [0, 0.1) is 0 Å². The third-order valence-corrected chi connectivity index (χ3v) is 6.01. The maximum atomic E-state index is 13.1. The lowest BCUT2D eigenvalue weighted by molar-refractivity contribution is 0.226. The molecule has 8 heteroatoms. The van der Waals surface area contributed by atoms with Gasteiger partial charge < -0.3 is 15.2 Å². The molecule has 1 aromatic rings. The van der Waals surface area contributed by atoms with Crippen molar-refractivity contribution in [3.63, 3.8) is 0 Å². The molecule has 23 heavy (non-hydrogen) atoms. The van der Waals surface area contributed by atoms with Gasteiger partial charge in [-0.15, -0.1) is 12.4 Å². The number of methoxy groups -OCH3 is 2. The molecule has 1 aromatic carbocycles. The predicted molar refractivity (Wildman–Crippen MR) is 92.0 cm³/mol. The molecule has 1 heterocycles. The molecule has 0 aliphatic carbocycles. The molecule has 2 N–H and O–H groups in total. The number of nitrogens with zero attached hydrogens (tertiary/aromatic N) is 1. The van der Waals surface area contributed by atoms with Gasteiger partial charge in [0, 0.05) is 24.7 Å². The molecule has 0 spiro atoms. The van der Waals surface area contributed by atoms with Gasteiger partial charge in [0.25, 0.3) is 0 Å². The van der Waals surface area contributed by atoms with Crippen molar-refractivity contribution in [2.45, 2.75) is 43.2 Å². The molecular formula is C15H25ClN2O4S. The molecular weight excluding hydrogens is 340 g/mol. The summed E-state index contributed by atoms with van der Waals surface area (Å²) in [5.41, 5.74) is 6.00. The summed E-state index contributed by atoms with van der Waals surface area (Å²) < 4.78 is 38.1. The molecule has 1 aliphatic heterocycles. The van der Waals surface area contributed by atoms with E-state index in [2.05, 4.69) is 0 Å². The number of piperidine rings is 1. The number of nitrogens with two attached hydrogens (primary N) is 1. The van der Waals surface area contributed by atoms with E-state index >= 15 is 0 Å². The van der Waals surface area contributed by atoms with E-state index in [1.807, 2.05) is 6.92 Å². The van der Waals surface area contributed by atoms with Crippen LogP contribution in [0.1, 0.15) is 26.2 Å². The minimum atomic E-state index is -3.68. The number of halogens is 1. The maximum absolute atomic E-state index is 13.1. The van der Waals surface area contributed by atoms with E-state index in [9.17, 15) is 8.42 Å². The summed E-state index contributed by atoms with van der Waals surface area (Å²) in [5, 5.41) is 0. The largest absolute Gasteiger partial charge is 0.497 e. The smallest absolute Gasteiger partial charge is 0.247 e. The lowest BCUT2D eigenvalue weighted by Crippen LogP contribution is -2.51. The Kier molecular flexibility index (Phi) is 7.13. The van der Waals surface area contributed by atoms with Crippen LogP contribution in [0.15, 0.2) is 23.1 Å². The lowest BCUT2D eigenvalue weighted by Gasteiger charge is -2.37. The standard InChI is InChI=1S/C15H24N2O4S.ClH/c1-11(16)13-6-4-5-9-17(13)22(18,19)15-10-12(20-2)7-8-14(15)21-3;/h7-8,10-11,13H,4-6,9,16H2,1-3H3;1H. The van der Waals surface area contributed by atoms with Gasteiger partial charge in [-0.2, -0.15) is 4.31 Å². The van der Waals surface area contributed by atoms with Crippen molar-refractivity contribution in [3.05, 3.63) is 18.2 Å². The zero-order valence-electron chi connectivity index (χ0n) is 13.7. The van der Waals surface area contributed by atoms with Gasteiger partial charge in [-0.1, -0.05) is 6.42 Å². The van der Waals surface area contributed by atoms with Crippen LogP contribution in [0.2, 0.25) is 0 Å². The normalized spacial score (nSPS) is 20.4. The van der Waals surface area contributed by atoms with E-state index in [0.717, 1.165) is 19.3 Å². The van der Waals surface area contributed by atoms with Crippen LogP contribution in [0.5, 0.6) is 11.5 Å². The third kappa shape index (κ3) is 4.09. The van der Waals surface area contributed by atoms with Crippen molar-refractivity contribution >= 4 is 22.4 Å². The second kappa shape index (κ2) is 8.19. The first-order valence-electron chi connectivity index (χ1n) is 7.41. The molecule has 0 amide bonds. The molecule has 1 fully saturated rings. The van der Waals surface area contributed by atoms with Crippen LogP contribution in [0.25, 0.3) is 0 Å². The third-order valence-electron chi connectivity index (χ3n) is 4.06. The van der Waals surface area contributed by atoms with Crippen molar-refractivity contribution in [3.8, 4) is 11.5 Å². The molecule has 132 valence electrons. The summed E-state index contributed by atoms with van der Waals surface area (Å²) in [6.45, 7) is 2.33. The summed E-state index contributed by atoms with van der Waals surface area (Å²) in [6, 6.07) is 4.38. The molecule has 6 nitrogen and oxygen atoms in total. The number of hydrogen-bond acceptors (Lipinski definition) is 5. The molecule has 0 bridgehead atoms. The average molecular weight is 365 g/mol. The number of hydrogen-bond donors (Lipinski definition) is 1. The van der Waals surface area contributed by atoms with Gasteiger partial charge in [-0.05, 0) is 31.9 Å². The Balaban J connectivity index is 0.00000264. The van der Waals surface area contributed by atoms with Gasteiger partial charge in [-0.3, -0.25) is 0 Å². The van der Waals surface area contributed by atoms with Gasteiger partial charge in [0.05, 0.1) is 14.2 Å². The zero-order valence-corrected chi connectivity index (χ0v) is 15.3. The van der Waals surface area contributed by atoms with Crippen molar-refractivity contribution < 1.29 is 17.9 Å². The first kappa shape index (κ1) is 20.0. The fraction of sp³-hybridized carbons (Fsp3) is 0.600. The Bertz CT molecular complexity index is 622. The molecule has 2 rings (SSSR count). The quantitative estimate of drug-likeness (QED) is 0.864. The number of rotatable bonds is 5. The van der Waals surface area contributed by atoms with E-state index in [1.165, 1.54) is 24.6 Å². The second-order valence-electron chi connectivity index (χ2n) is 5.55.